The first kappa shape index (κ1) is 12.8. The molecule has 0 aliphatic carbocycles. The molecule has 0 atom stereocenters. The summed E-state index contributed by atoms with van der Waals surface area (Å²) in [6, 6.07) is 5.62. The van der Waals surface area contributed by atoms with Gasteiger partial charge in [0.25, 0.3) is 0 Å². The molecule has 1 aromatic carbocycles. The maximum atomic E-state index is 6.01. The van der Waals surface area contributed by atoms with Crippen molar-refractivity contribution in [2.45, 2.75) is 19.9 Å². The number of halogens is 2. The first-order valence-corrected chi connectivity index (χ1v) is 6.82. The van der Waals surface area contributed by atoms with Crippen LogP contribution in [0.3, 0.4) is 0 Å². The number of nitrogens with one attached hydrogen (secondary N) is 1. The van der Waals surface area contributed by atoms with Gasteiger partial charge in [-0.2, -0.15) is 5.10 Å². The van der Waals surface area contributed by atoms with Crippen molar-refractivity contribution in [3.63, 3.8) is 0 Å². The molecule has 3 nitrogen and oxygen atoms in total. The van der Waals surface area contributed by atoms with Gasteiger partial charge in [0.1, 0.15) is 0 Å². The second-order valence-electron chi connectivity index (χ2n) is 3.63. The number of aromatic nitrogens is 3. The fraction of sp³-hybridized carbons (Fsp3) is 0.273. The third kappa shape index (κ3) is 2.61. The van der Waals surface area contributed by atoms with Gasteiger partial charge in [0.05, 0.1) is 0 Å². The first-order valence-electron chi connectivity index (χ1n) is 5.24. The highest BCUT2D eigenvalue weighted by molar-refractivity contribution is 9.10. The number of rotatable bonds is 3. The molecule has 0 bridgehead atoms. The van der Waals surface area contributed by atoms with Crippen molar-refractivity contribution < 1.29 is 0 Å². The lowest BCUT2D eigenvalue weighted by Crippen LogP contribution is -2.00. The lowest BCUT2D eigenvalue weighted by Gasteiger charge is -2.07. The number of aromatic amines is 1. The Balaban J connectivity index is 2.60. The van der Waals surface area contributed by atoms with Gasteiger partial charge in [0, 0.05) is 21.6 Å². The number of benzene rings is 1. The predicted octanol–water partition coefficient (Wildman–Crippen LogP) is 4.43. The quantitative estimate of drug-likeness (QED) is 0.843. The summed E-state index contributed by atoms with van der Waals surface area (Å²) in [5.41, 5.74) is 0.943. The maximum absolute atomic E-state index is 6.01. The Morgan fingerprint density at radius 3 is 3.00 bits per heavy atom. The second kappa shape index (κ2) is 5.33. The van der Waals surface area contributed by atoms with Crippen LogP contribution in [0.1, 0.15) is 13.3 Å². The standard InChI is InChI=1S/C11H11BrClN3S/c1-2-5-16-10(14-15-11(16)17)8-6-7(13)3-4-9(8)12/h3-4,6H,2,5H2,1H3,(H,15,17). The average molecular weight is 333 g/mol. The Hall–Kier alpha value is -0.650. The van der Waals surface area contributed by atoms with Crippen LogP contribution in [0.25, 0.3) is 11.4 Å². The van der Waals surface area contributed by atoms with E-state index in [9.17, 15) is 0 Å². The molecular formula is C11H11BrClN3S. The molecule has 6 heteroatoms. The molecule has 1 aromatic heterocycles. The van der Waals surface area contributed by atoms with Crippen LogP contribution in [-0.4, -0.2) is 14.8 Å². The van der Waals surface area contributed by atoms with E-state index in [-0.39, 0.29) is 0 Å². The molecule has 90 valence electrons. The Labute approximate surface area is 118 Å². The number of nitrogens with zero attached hydrogens (tertiary/aromatic N) is 2. The molecule has 0 fully saturated rings. The van der Waals surface area contributed by atoms with Crippen LogP contribution in [0.15, 0.2) is 22.7 Å². The predicted molar refractivity (Wildman–Crippen MR) is 75.8 cm³/mol. The summed E-state index contributed by atoms with van der Waals surface area (Å²) >= 11 is 14.7. The van der Waals surface area contributed by atoms with Crippen molar-refractivity contribution in [2.75, 3.05) is 0 Å². The second-order valence-corrected chi connectivity index (χ2v) is 5.31. The third-order valence-electron chi connectivity index (χ3n) is 2.37. The van der Waals surface area contributed by atoms with Crippen molar-refractivity contribution in [1.29, 1.82) is 0 Å². The first-order chi connectivity index (χ1) is 8.13. The minimum atomic E-state index is 0.633. The zero-order valence-electron chi connectivity index (χ0n) is 9.20. The van der Waals surface area contributed by atoms with Gasteiger partial charge in [-0.3, -0.25) is 5.10 Å². The molecule has 0 aliphatic rings. The largest absolute Gasteiger partial charge is 0.300 e. The highest BCUT2D eigenvalue weighted by Crippen LogP contribution is 2.29. The summed E-state index contributed by atoms with van der Waals surface area (Å²) in [6.07, 6.45) is 0.999. The zero-order valence-corrected chi connectivity index (χ0v) is 12.4. The summed E-state index contributed by atoms with van der Waals surface area (Å²) in [4.78, 5) is 0. The Bertz CT molecular complexity index is 591. The molecule has 17 heavy (non-hydrogen) atoms. The topological polar surface area (TPSA) is 33.6 Å². The molecule has 1 heterocycles. The van der Waals surface area contributed by atoms with E-state index in [4.69, 9.17) is 23.8 Å². The van der Waals surface area contributed by atoms with Crippen molar-refractivity contribution >= 4 is 39.7 Å². The molecule has 0 amide bonds. The maximum Gasteiger partial charge on any atom is 0.195 e. The molecule has 0 spiro atoms. The van der Waals surface area contributed by atoms with Crippen molar-refractivity contribution in [2.24, 2.45) is 0 Å². The average Bonchev–Trinajstić information content (AvgIpc) is 2.65. The fourth-order valence-electron chi connectivity index (χ4n) is 1.62. The highest BCUT2D eigenvalue weighted by atomic mass is 79.9. The van der Waals surface area contributed by atoms with E-state index in [1.165, 1.54) is 0 Å². The summed E-state index contributed by atoms with van der Waals surface area (Å²) in [5.74, 6) is 0.811. The normalized spacial score (nSPS) is 10.8. The fourth-order valence-corrected chi connectivity index (χ4v) is 2.44. The third-order valence-corrected chi connectivity index (χ3v) is 3.61. The Morgan fingerprint density at radius 2 is 2.29 bits per heavy atom. The number of hydrogen-bond acceptors (Lipinski definition) is 2. The van der Waals surface area contributed by atoms with Crippen molar-refractivity contribution in [3.8, 4) is 11.4 Å². The van der Waals surface area contributed by atoms with E-state index in [1.54, 1.807) is 0 Å². The van der Waals surface area contributed by atoms with Crippen molar-refractivity contribution in [1.82, 2.24) is 14.8 Å². The lowest BCUT2D eigenvalue weighted by molar-refractivity contribution is 0.674. The van der Waals surface area contributed by atoms with Gasteiger partial charge in [-0.05, 0) is 36.8 Å². The van der Waals surface area contributed by atoms with Crippen LogP contribution < -0.4 is 0 Å². The van der Waals surface area contributed by atoms with E-state index < -0.39 is 0 Å². The molecule has 0 unspecified atom stereocenters. The molecule has 2 rings (SSSR count). The van der Waals surface area contributed by atoms with Gasteiger partial charge in [0.2, 0.25) is 0 Å². The number of H-pyrrole nitrogens is 1. The van der Waals surface area contributed by atoms with E-state index in [0.717, 1.165) is 28.8 Å². The molecular weight excluding hydrogens is 322 g/mol. The summed E-state index contributed by atoms with van der Waals surface area (Å²) in [7, 11) is 0. The van der Waals surface area contributed by atoms with E-state index in [1.807, 2.05) is 22.8 Å². The monoisotopic (exact) mass is 331 g/mol. The van der Waals surface area contributed by atoms with Gasteiger partial charge in [-0.25, -0.2) is 0 Å². The SMILES string of the molecule is CCCn1c(-c2cc(Cl)ccc2Br)n[nH]c1=S. The van der Waals surface area contributed by atoms with Crippen LogP contribution in [0.2, 0.25) is 5.02 Å². The Morgan fingerprint density at radius 1 is 1.53 bits per heavy atom. The van der Waals surface area contributed by atoms with Gasteiger partial charge < -0.3 is 4.57 Å². The summed E-state index contributed by atoms with van der Waals surface area (Å²) in [6.45, 7) is 2.94. The molecule has 1 N–H and O–H groups in total. The minimum Gasteiger partial charge on any atom is -0.300 e. The lowest BCUT2D eigenvalue weighted by atomic mass is 10.2. The van der Waals surface area contributed by atoms with Gasteiger partial charge >= 0.3 is 0 Å². The van der Waals surface area contributed by atoms with Gasteiger partial charge in [0.15, 0.2) is 10.6 Å². The van der Waals surface area contributed by atoms with Gasteiger partial charge in [-0.1, -0.05) is 34.5 Å². The van der Waals surface area contributed by atoms with Crippen LogP contribution in [-0.2, 0) is 6.54 Å². The molecule has 0 saturated heterocycles. The van der Waals surface area contributed by atoms with Crippen LogP contribution in [0.4, 0.5) is 0 Å². The molecule has 0 aliphatic heterocycles. The number of hydrogen-bond donors (Lipinski definition) is 1. The van der Waals surface area contributed by atoms with E-state index >= 15 is 0 Å². The smallest absolute Gasteiger partial charge is 0.195 e. The van der Waals surface area contributed by atoms with E-state index in [2.05, 4.69) is 33.1 Å². The highest BCUT2D eigenvalue weighted by Gasteiger charge is 2.11. The zero-order chi connectivity index (χ0) is 12.4. The van der Waals surface area contributed by atoms with E-state index in [0.29, 0.717) is 9.79 Å². The van der Waals surface area contributed by atoms with Crippen molar-refractivity contribution in [3.05, 3.63) is 32.5 Å². The van der Waals surface area contributed by atoms with Crippen LogP contribution >= 0.6 is 39.7 Å². The van der Waals surface area contributed by atoms with Gasteiger partial charge in [-0.15, -0.1) is 0 Å². The van der Waals surface area contributed by atoms with Crippen LogP contribution in [0.5, 0.6) is 0 Å². The summed E-state index contributed by atoms with van der Waals surface area (Å²) < 4.78 is 3.56. The molecule has 2 aromatic rings. The molecule has 0 radical (unpaired) electrons. The Kier molecular flexibility index (Phi) is 4.01. The molecule has 0 saturated carbocycles. The minimum absolute atomic E-state index is 0.633. The van der Waals surface area contributed by atoms with Crippen LogP contribution in [0, 0.1) is 4.77 Å². The summed E-state index contributed by atoms with van der Waals surface area (Å²) in [5, 5.41) is 7.76.